The van der Waals surface area contributed by atoms with E-state index in [0.717, 1.165) is 39.3 Å². The molecule has 4 nitrogen and oxygen atoms in total. The molecule has 2 aromatic carbocycles. The standard InChI is InChI=1S/C21H26N2O2/c1-25-21(24)20-16-22(14-18-8-4-2-5-9-18)12-13-23(17-20)15-19-10-6-3-7-11-19/h2-11,20H,12-17H2,1H3. The first-order chi connectivity index (χ1) is 12.2. The van der Waals surface area contributed by atoms with Crippen LogP contribution < -0.4 is 0 Å². The summed E-state index contributed by atoms with van der Waals surface area (Å²) in [4.78, 5) is 17.0. The Morgan fingerprint density at radius 2 is 1.32 bits per heavy atom. The average molecular weight is 338 g/mol. The Bertz CT molecular complexity index is 609. The number of carbonyl (C=O) groups excluding carboxylic acids is 1. The second-order valence-electron chi connectivity index (χ2n) is 6.66. The van der Waals surface area contributed by atoms with Gasteiger partial charge in [-0.25, -0.2) is 0 Å². The van der Waals surface area contributed by atoms with Gasteiger partial charge in [0.1, 0.15) is 0 Å². The highest BCUT2D eigenvalue weighted by atomic mass is 16.5. The van der Waals surface area contributed by atoms with Crippen LogP contribution in [0, 0.1) is 5.92 Å². The minimum atomic E-state index is -0.113. The molecule has 0 bridgehead atoms. The maximum Gasteiger partial charge on any atom is 0.311 e. The van der Waals surface area contributed by atoms with Crippen LogP contribution in [0.4, 0.5) is 0 Å². The number of nitrogens with zero attached hydrogens (tertiary/aromatic N) is 2. The second kappa shape index (κ2) is 8.79. The summed E-state index contributed by atoms with van der Waals surface area (Å²) in [5, 5.41) is 0. The number of methoxy groups -OCH3 is 1. The summed E-state index contributed by atoms with van der Waals surface area (Å²) < 4.78 is 5.05. The largest absolute Gasteiger partial charge is 0.469 e. The molecule has 132 valence electrons. The van der Waals surface area contributed by atoms with E-state index in [0.29, 0.717) is 0 Å². The van der Waals surface area contributed by atoms with Crippen LogP contribution in [0.1, 0.15) is 11.1 Å². The first kappa shape index (κ1) is 17.6. The number of benzene rings is 2. The lowest BCUT2D eigenvalue weighted by Gasteiger charge is -2.22. The van der Waals surface area contributed by atoms with E-state index in [1.54, 1.807) is 0 Å². The summed E-state index contributed by atoms with van der Waals surface area (Å²) in [6, 6.07) is 20.9. The van der Waals surface area contributed by atoms with Crippen LogP contribution >= 0.6 is 0 Å². The fourth-order valence-corrected chi connectivity index (χ4v) is 3.43. The fraction of sp³-hybridized carbons (Fsp3) is 0.381. The highest BCUT2D eigenvalue weighted by Crippen LogP contribution is 2.16. The Morgan fingerprint density at radius 3 is 1.72 bits per heavy atom. The van der Waals surface area contributed by atoms with E-state index in [2.05, 4.69) is 58.3 Å². The highest BCUT2D eigenvalue weighted by Gasteiger charge is 2.28. The molecule has 1 saturated heterocycles. The Morgan fingerprint density at radius 1 is 0.880 bits per heavy atom. The first-order valence-electron chi connectivity index (χ1n) is 8.85. The molecule has 1 heterocycles. The Hall–Kier alpha value is -2.17. The smallest absolute Gasteiger partial charge is 0.311 e. The van der Waals surface area contributed by atoms with E-state index in [-0.39, 0.29) is 11.9 Å². The van der Waals surface area contributed by atoms with E-state index in [9.17, 15) is 4.79 Å². The van der Waals surface area contributed by atoms with Crippen molar-refractivity contribution >= 4 is 5.97 Å². The summed E-state index contributed by atoms with van der Waals surface area (Å²) in [5.74, 6) is -0.224. The van der Waals surface area contributed by atoms with Gasteiger partial charge in [0.2, 0.25) is 0 Å². The lowest BCUT2D eigenvalue weighted by molar-refractivity contribution is -0.146. The van der Waals surface area contributed by atoms with E-state index in [1.807, 2.05) is 12.1 Å². The quantitative estimate of drug-likeness (QED) is 0.785. The highest BCUT2D eigenvalue weighted by molar-refractivity contribution is 5.72. The topological polar surface area (TPSA) is 32.8 Å². The van der Waals surface area contributed by atoms with Crippen molar-refractivity contribution in [2.75, 3.05) is 33.3 Å². The maximum absolute atomic E-state index is 12.2. The van der Waals surface area contributed by atoms with Gasteiger partial charge in [-0.3, -0.25) is 14.6 Å². The van der Waals surface area contributed by atoms with Crippen molar-refractivity contribution in [1.82, 2.24) is 9.80 Å². The van der Waals surface area contributed by atoms with Gasteiger partial charge in [-0.1, -0.05) is 60.7 Å². The third-order valence-electron chi connectivity index (χ3n) is 4.72. The molecule has 25 heavy (non-hydrogen) atoms. The monoisotopic (exact) mass is 338 g/mol. The van der Waals surface area contributed by atoms with Crippen LogP contribution in [0.15, 0.2) is 60.7 Å². The number of hydrogen-bond donors (Lipinski definition) is 0. The van der Waals surface area contributed by atoms with Crippen molar-refractivity contribution in [1.29, 1.82) is 0 Å². The predicted molar refractivity (Wildman–Crippen MR) is 98.9 cm³/mol. The Labute approximate surface area is 150 Å². The van der Waals surface area contributed by atoms with Gasteiger partial charge in [0.25, 0.3) is 0 Å². The SMILES string of the molecule is COC(=O)C1CN(Cc2ccccc2)CCN(Cc2ccccc2)C1. The number of rotatable bonds is 5. The van der Waals surface area contributed by atoms with Crippen LogP contribution in [0.2, 0.25) is 0 Å². The van der Waals surface area contributed by atoms with Gasteiger partial charge in [-0.05, 0) is 11.1 Å². The Balaban J connectivity index is 1.69. The average Bonchev–Trinajstić information content (AvgIpc) is 2.85. The predicted octanol–water partition coefficient (Wildman–Crippen LogP) is 2.79. The van der Waals surface area contributed by atoms with Crippen LogP contribution in [-0.2, 0) is 22.6 Å². The zero-order chi connectivity index (χ0) is 17.5. The molecule has 1 aliphatic rings. The summed E-state index contributed by atoms with van der Waals surface area (Å²) in [6.07, 6.45) is 0. The van der Waals surface area contributed by atoms with Gasteiger partial charge in [-0.15, -0.1) is 0 Å². The maximum atomic E-state index is 12.2. The summed E-state index contributed by atoms with van der Waals surface area (Å²) in [5.41, 5.74) is 2.56. The molecule has 2 aromatic rings. The van der Waals surface area contributed by atoms with Crippen LogP contribution in [0.3, 0.4) is 0 Å². The molecule has 0 amide bonds. The molecule has 0 atom stereocenters. The van der Waals surface area contributed by atoms with Crippen molar-refractivity contribution in [3.05, 3.63) is 71.8 Å². The molecule has 0 aromatic heterocycles. The molecule has 4 heteroatoms. The van der Waals surface area contributed by atoms with Crippen molar-refractivity contribution < 1.29 is 9.53 Å². The van der Waals surface area contributed by atoms with Crippen LogP contribution in [0.25, 0.3) is 0 Å². The van der Waals surface area contributed by atoms with Gasteiger partial charge in [-0.2, -0.15) is 0 Å². The van der Waals surface area contributed by atoms with Crippen LogP contribution in [-0.4, -0.2) is 49.1 Å². The molecule has 0 N–H and O–H groups in total. The molecule has 1 aliphatic heterocycles. The minimum absolute atomic E-state index is 0.111. The number of hydrogen-bond acceptors (Lipinski definition) is 4. The molecule has 0 saturated carbocycles. The minimum Gasteiger partial charge on any atom is -0.469 e. The van der Waals surface area contributed by atoms with Crippen molar-refractivity contribution in [2.45, 2.75) is 13.1 Å². The second-order valence-corrected chi connectivity index (χ2v) is 6.66. The normalized spacial score (nSPS) is 17.2. The molecule has 0 unspecified atom stereocenters. The lowest BCUT2D eigenvalue weighted by atomic mass is 10.1. The van der Waals surface area contributed by atoms with Crippen molar-refractivity contribution in [2.24, 2.45) is 5.92 Å². The summed E-state index contributed by atoms with van der Waals surface area (Å²) in [7, 11) is 1.48. The molecule has 1 fully saturated rings. The molecular weight excluding hydrogens is 312 g/mol. The molecule has 3 rings (SSSR count). The third-order valence-corrected chi connectivity index (χ3v) is 4.72. The Kier molecular flexibility index (Phi) is 6.20. The summed E-state index contributed by atoms with van der Waals surface area (Å²) >= 11 is 0. The molecule has 0 spiro atoms. The van der Waals surface area contributed by atoms with Gasteiger partial charge in [0.15, 0.2) is 0 Å². The molecule has 0 aliphatic carbocycles. The third kappa shape index (κ3) is 5.15. The van der Waals surface area contributed by atoms with E-state index < -0.39 is 0 Å². The fourth-order valence-electron chi connectivity index (χ4n) is 3.43. The van der Waals surface area contributed by atoms with Gasteiger partial charge >= 0.3 is 5.97 Å². The zero-order valence-corrected chi connectivity index (χ0v) is 14.8. The molecule has 0 radical (unpaired) electrons. The molecular formula is C21H26N2O2. The van der Waals surface area contributed by atoms with Crippen molar-refractivity contribution in [3.8, 4) is 0 Å². The van der Waals surface area contributed by atoms with E-state index >= 15 is 0 Å². The summed E-state index contributed by atoms with van der Waals surface area (Å²) in [6.45, 7) is 5.13. The number of carbonyl (C=O) groups is 1. The number of ether oxygens (including phenoxy) is 1. The van der Waals surface area contributed by atoms with E-state index in [1.165, 1.54) is 18.2 Å². The van der Waals surface area contributed by atoms with Crippen LogP contribution in [0.5, 0.6) is 0 Å². The van der Waals surface area contributed by atoms with Gasteiger partial charge < -0.3 is 4.74 Å². The zero-order valence-electron chi connectivity index (χ0n) is 14.8. The number of esters is 1. The first-order valence-corrected chi connectivity index (χ1v) is 8.85. The van der Waals surface area contributed by atoms with Crippen molar-refractivity contribution in [3.63, 3.8) is 0 Å². The van der Waals surface area contributed by atoms with Gasteiger partial charge in [0.05, 0.1) is 13.0 Å². The lowest BCUT2D eigenvalue weighted by Crippen LogP contribution is -2.35. The van der Waals surface area contributed by atoms with E-state index in [4.69, 9.17) is 4.74 Å². The van der Waals surface area contributed by atoms with Gasteiger partial charge in [0, 0.05) is 39.3 Å².